The highest BCUT2D eigenvalue weighted by Gasteiger charge is 2.03. The number of aliphatic hydroxyl groups is 1. The molecule has 0 aliphatic heterocycles. The highest BCUT2D eigenvalue weighted by atomic mass is 35.5. The third-order valence-electron chi connectivity index (χ3n) is 2.08. The lowest BCUT2D eigenvalue weighted by Crippen LogP contribution is -2.25. The van der Waals surface area contributed by atoms with Gasteiger partial charge in [0.2, 0.25) is 0 Å². The van der Waals surface area contributed by atoms with Gasteiger partial charge >= 0.3 is 0 Å². The van der Waals surface area contributed by atoms with E-state index in [9.17, 15) is 0 Å². The van der Waals surface area contributed by atoms with Crippen molar-refractivity contribution in [3.63, 3.8) is 0 Å². The van der Waals surface area contributed by atoms with Gasteiger partial charge < -0.3 is 10.0 Å². The average Bonchev–Trinajstić information content (AvgIpc) is 2.12. The first kappa shape index (κ1) is 12.2. The van der Waals surface area contributed by atoms with E-state index < -0.39 is 0 Å². The molecule has 74 valence electrons. The molecule has 0 fully saturated rings. The van der Waals surface area contributed by atoms with Crippen molar-refractivity contribution < 1.29 is 5.11 Å². The summed E-state index contributed by atoms with van der Waals surface area (Å²) in [6.45, 7) is 7.56. The summed E-state index contributed by atoms with van der Waals surface area (Å²) >= 11 is 5.47. The molecule has 0 aromatic carbocycles. The first-order valence-corrected chi connectivity index (χ1v) is 5.24. The molecule has 2 nitrogen and oxygen atoms in total. The van der Waals surface area contributed by atoms with Gasteiger partial charge in [0.05, 0.1) is 6.10 Å². The maximum Gasteiger partial charge on any atom is 0.0676 e. The fourth-order valence-electron chi connectivity index (χ4n) is 1.17. The lowest BCUT2D eigenvalue weighted by atomic mass is 10.2. The molecule has 0 aliphatic rings. The fraction of sp³-hybridized carbons (Fsp3) is 1.00. The molecule has 0 saturated heterocycles. The molecule has 1 N–H and O–H groups in total. The minimum atomic E-state index is -0.317. The molecule has 0 bridgehead atoms. The van der Waals surface area contributed by atoms with Crippen molar-refractivity contribution in [3.8, 4) is 0 Å². The number of hydrogen-bond acceptors (Lipinski definition) is 2. The number of halogens is 1. The van der Waals surface area contributed by atoms with E-state index in [0.717, 1.165) is 32.5 Å². The van der Waals surface area contributed by atoms with Gasteiger partial charge in [-0.25, -0.2) is 0 Å². The molecule has 0 spiro atoms. The summed E-state index contributed by atoms with van der Waals surface area (Å²) in [6.07, 6.45) is 1.54. The second-order valence-corrected chi connectivity index (χ2v) is 3.29. The summed E-state index contributed by atoms with van der Waals surface area (Å²) in [6, 6.07) is 0. The van der Waals surface area contributed by atoms with Gasteiger partial charge in [0.1, 0.15) is 0 Å². The second kappa shape index (κ2) is 7.84. The van der Waals surface area contributed by atoms with Crippen LogP contribution in [0.25, 0.3) is 0 Å². The Kier molecular flexibility index (Phi) is 7.98. The number of alkyl halides is 1. The smallest absolute Gasteiger partial charge is 0.0676 e. The van der Waals surface area contributed by atoms with Crippen LogP contribution in [0.1, 0.15) is 26.7 Å². The summed E-state index contributed by atoms with van der Waals surface area (Å²) in [5.41, 5.74) is 0. The van der Waals surface area contributed by atoms with Gasteiger partial charge in [-0.1, -0.05) is 13.8 Å². The van der Waals surface area contributed by atoms with Gasteiger partial charge in [-0.05, 0) is 32.5 Å². The van der Waals surface area contributed by atoms with Crippen LogP contribution < -0.4 is 0 Å². The SMILES string of the molecule is CCN(CC)CCCC(O)CCl. The summed E-state index contributed by atoms with van der Waals surface area (Å²) in [4.78, 5) is 2.35. The van der Waals surface area contributed by atoms with Gasteiger partial charge in [-0.15, -0.1) is 11.6 Å². The highest BCUT2D eigenvalue weighted by Crippen LogP contribution is 2.01. The van der Waals surface area contributed by atoms with Crippen LogP contribution >= 0.6 is 11.6 Å². The summed E-state index contributed by atoms with van der Waals surface area (Å²) in [5, 5.41) is 9.17. The van der Waals surface area contributed by atoms with Gasteiger partial charge in [-0.2, -0.15) is 0 Å². The van der Waals surface area contributed by atoms with Crippen LogP contribution in [0.4, 0.5) is 0 Å². The normalized spacial score (nSPS) is 13.8. The van der Waals surface area contributed by atoms with Crippen molar-refractivity contribution in [1.82, 2.24) is 4.90 Å². The molecule has 0 aromatic heterocycles. The molecule has 12 heavy (non-hydrogen) atoms. The van der Waals surface area contributed by atoms with E-state index in [4.69, 9.17) is 16.7 Å². The Hall–Kier alpha value is 0.210. The summed E-state index contributed by atoms with van der Waals surface area (Å²) in [5.74, 6) is 0.359. The Morgan fingerprint density at radius 2 is 1.92 bits per heavy atom. The minimum Gasteiger partial charge on any atom is -0.392 e. The predicted octanol–water partition coefficient (Wildman–Crippen LogP) is 1.71. The summed E-state index contributed by atoms with van der Waals surface area (Å²) in [7, 11) is 0. The molecule has 3 heteroatoms. The molecule has 0 heterocycles. The topological polar surface area (TPSA) is 23.5 Å². The summed E-state index contributed by atoms with van der Waals surface area (Å²) < 4.78 is 0. The van der Waals surface area contributed by atoms with Crippen LogP contribution in [0, 0.1) is 0 Å². The van der Waals surface area contributed by atoms with Gasteiger partial charge in [0.15, 0.2) is 0 Å². The van der Waals surface area contributed by atoms with Crippen molar-refractivity contribution in [1.29, 1.82) is 0 Å². The Balaban J connectivity index is 3.28. The number of aliphatic hydroxyl groups excluding tert-OH is 1. The van der Waals surface area contributed by atoms with Crippen LogP contribution in [-0.2, 0) is 0 Å². The lowest BCUT2D eigenvalue weighted by Gasteiger charge is -2.18. The third kappa shape index (κ3) is 5.81. The third-order valence-corrected chi connectivity index (χ3v) is 2.44. The van der Waals surface area contributed by atoms with Gasteiger partial charge in [0, 0.05) is 5.88 Å². The Morgan fingerprint density at radius 1 is 1.33 bits per heavy atom. The zero-order chi connectivity index (χ0) is 9.40. The lowest BCUT2D eigenvalue weighted by molar-refractivity contribution is 0.175. The molecule has 0 aliphatic carbocycles. The standard InChI is InChI=1S/C9H20ClNO/c1-3-11(4-2)7-5-6-9(12)8-10/h9,12H,3-8H2,1-2H3. The second-order valence-electron chi connectivity index (χ2n) is 2.98. The number of hydrogen-bond donors (Lipinski definition) is 1. The highest BCUT2D eigenvalue weighted by molar-refractivity contribution is 6.18. The van der Waals surface area contributed by atoms with E-state index in [-0.39, 0.29) is 6.10 Å². The van der Waals surface area contributed by atoms with Crippen molar-refractivity contribution >= 4 is 11.6 Å². The van der Waals surface area contributed by atoms with Gasteiger partial charge in [-0.3, -0.25) is 0 Å². The maximum atomic E-state index is 9.17. The number of nitrogens with zero attached hydrogens (tertiary/aromatic N) is 1. The van der Waals surface area contributed by atoms with E-state index >= 15 is 0 Å². The van der Waals surface area contributed by atoms with Crippen LogP contribution in [-0.4, -0.2) is 41.6 Å². The minimum absolute atomic E-state index is 0.317. The van der Waals surface area contributed by atoms with Crippen LogP contribution in [0.2, 0.25) is 0 Å². The Morgan fingerprint density at radius 3 is 2.33 bits per heavy atom. The monoisotopic (exact) mass is 193 g/mol. The van der Waals surface area contributed by atoms with E-state index in [1.165, 1.54) is 0 Å². The molecule has 1 atom stereocenters. The van der Waals surface area contributed by atoms with E-state index in [1.807, 2.05) is 0 Å². The largest absolute Gasteiger partial charge is 0.392 e. The predicted molar refractivity (Wildman–Crippen MR) is 53.7 cm³/mol. The van der Waals surface area contributed by atoms with Crippen molar-refractivity contribution in [2.24, 2.45) is 0 Å². The first-order valence-electron chi connectivity index (χ1n) is 4.70. The zero-order valence-corrected chi connectivity index (χ0v) is 8.85. The van der Waals surface area contributed by atoms with E-state index in [2.05, 4.69) is 18.7 Å². The molecular weight excluding hydrogens is 174 g/mol. The quantitative estimate of drug-likeness (QED) is 0.623. The van der Waals surface area contributed by atoms with Crippen LogP contribution in [0.5, 0.6) is 0 Å². The maximum absolute atomic E-state index is 9.17. The Labute approximate surface area is 80.5 Å². The van der Waals surface area contributed by atoms with Crippen LogP contribution in [0.3, 0.4) is 0 Å². The molecular formula is C9H20ClNO. The van der Waals surface area contributed by atoms with Crippen molar-refractivity contribution in [3.05, 3.63) is 0 Å². The van der Waals surface area contributed by atoms with Crippen molar-refractivity contribution in [2.45, 2.75) is 32.8 Å². The zero-order valence-electron chi connectivity index (χ0n) is 8.09. The van der Waals surface area contributed by atoms with Crippen molar-refractivity contribution in [2.75, 3.05) is 25.5 Å². The average molecular weight is 194 g/mol. The number of rotatable bonds is 7. The fourth-order valence-corrected chi connectivity index (χ4v) is 1.32. The molecule has 1 unspecified atom stereocenters. The first-order chi connectivity index (χ1) is 5.74. The Bertz CT molecular complexity index is 96.5. The van der Waals surface area contributed by atoms with Gasteiger partial charge in [0.25, 0.3) is 0 Å². The molecule has 0 radical (unpaired) electrons. The molecule has 0 saturated carbocycles. The van der Waals surface area contributed by atoms with E-state index in [1.54, 1.807) is 0 Å². The van der Waals surface area contributed by atoms with E-state index in [0.29, 0.717) is 5.88 Å². The molecule has 0 amide bonds. The molecule has 0 aromatic rings. The molecule has 0 rings (SSSR count). The van der Waals surface area contributed by atoms with Crippen LogP contribution in [0.15, 0.2) is 0 Å².